The Labute approximate surface area is 176 Å². The Morgan fingerprint density at radius 1 is 1.21 bits per heavy atom. The molecule has 0 bridgehead atoms. The van der Waals surface area contributed by atoms with Crippen molar-refractivity contribution in [2.45, 2.75) is 18.3 Å². The fraction of sp³-hybridized carbons (Fsp3) is 0.250. The second-order valence-corrected chi connectivity index (χ2v) is 7.72. The van der Waals surface area contributed by atoms with Crippen LogP contribution in [0.15, 0.2) is 40.9 Å². The third-order valence-electron chi connectivity index (χ3n) is 4.84. The van der Waals surface area contributed by atoms with Crippen LogP contribution in [-0.2, 0) is 10.2 Å². The molecule has 0 saturated heterocycles. The number of likely N-dealkylation sites (N-methyl/N-ethyl adjacent to an activating group) is 1. The van der Waals surface area contributed by atoms with Gasteiger partial charge in [0.2, 0.25) is 5.91 Å². The van der Waals surface area contributed by atoms with E-state index in [2.05, 4.69) is 20.8 Å². The van der Waals surface area contributed by atoms with Gasteiger partial charge >= 0.3 is 0 Å². The van der Waals surface area contributed by atoms with E-state index >= 15 is 0 Å². The molecule has 1 aliphatic carbocycles. The van der Waals surface area contributed by atoms with E-state index in [1.807, 2.05) is 0 Å². The van der Waals surface area contributed by atoms with Crippen molar-refractivity contribution in [3.8, 4) is 11.5 Å². The number of carbonyl (C=O) groups is 1. The molecule has 2 aromatic carbocycles. The van der Waals surface area contributed by atoms with Gasteiger partial charge in [-0.25, -0.2) is 4.39 Å². The minimum absolute atomic E-state index is 0.177. The van der Waals surface area contributed by atoms with Crippen molar-refractivity contribution in [2.24, 2.45) is 0 Å². The Balaban J connectivity index is 1.65. The summed E-state index contributed by atoms with van der Waals surface area (Å²) in [6.45, 7) is 0.177. The second kappa shape index (κ2) is 7.74. The van der Waals surface area contributed by atoms with E-state index in [-0.39, 0.29) is 18.3 Å². The minimum atomic E-state index is -0.538. The number of hydrogen-bond acceptors (Lipinski definition) is 5. The fourth-order valence-corrected chi connectivity index (χ4v) is 4.16. The van der Waals surface area contributed by atoms with Gasteiger partial charge in [0.25, 0.3) is 5.89 Å². The first-order valence-electron chi connectivity index (χ1n) is 8.97. The first-order valence-corrected chi connectivity index (χ1v) is 9.72. The van der Waals surface area contributed by atoms with Crippen molar-refractivity contribution in [3.05, 3.63) is 63.6 Å². The van der Waals surface area contributed by atoms with Crippen molar-refractivity contribution in [1.29, 1.82) is 0 Å². The number of hydrogen-bond donors (Lipinski definition) is 2. The van der Waals surface area contributed by atoms with Crippen LogP contribution in [0.4, 0.5) is 10.1 Å². The number of benzene rings is 2. The summed E-state index contributed by atoms with van der Waals surface area (Å²) in [5, 5.41) is 10.5. The SMILES string of the molecule is CNCC(=O)Nc1cc(Cl)c(C2(c3noc(-c4ccc(F)cc4)n3)CC2)c(Cl)c1. The van der Waals surface area contributed by atoms with E-state index < -0.39 is 5.41 Å². The van der Waals surface area contributed by atoms with E-state index in [1.165, 1.54) is 12.1 Å². The Morgan fingerprint density at radius 3 is 2.45 bits per heavy atom. The lowest BCUT2D eigenvalue weighted by molar-refractivity contribution is -0.115. The first kappa shape index (κ1) is 19.8. The lowest BCUT2D eigenvalue weighted by Crippen LogP contribution is -2.25. The largest absolute Gasteiger partial charge is 0.334 e. The summed E-state index contributed by atoms with van der Waals surface area (Å²) in [7, 11) is 1.69. The van der Waals surface area contributed by atoms with Gasteiger partial charge in [-0.2, -0.15) is 4.98 Å². The Morgan fingerprint density at radius 2 is 1.86 bits per heavy atom. The highest BCUT2D eigenvalue weighted by molar-refractivity contribution is 6.37. The molecule has 0 atom stereocenters. The molecule has 9 heteroatoms. The molecular weight excluding hydrogens is 418 g/mol. The quantitative estimate of drug-likeness (QED) is 0.599. The fourth-order valence-electron chi connectivity index (χ4n) is 3.31. The van der Waals surface area contributed by atoms with Gasteiger partial charge in [-0.3, -0.25) is 4.79 Å². The summed E-state index contributed by atoms with van der Waals surface area (Å²) < 4.78 is 18.5. The lowest BCUT2D eigenvalue weighted by Gasteiger charge is -2.17. The molecule has 0 spiro atoms. The number of aromatic nitrogens is 2. The highest BCUT2D eigenvalue weighted by Gasteiger charge is 2.52. The van der Waals surface area contributed by atoms with Crippen LogP contribution in [0, 0.1) is 5.82 Å². The van der Waals surface area contributed by atoms with E-state index in [0.29, 0.717) is 38.6 Å². The normalized spacial score (nSPS) is 14.6. The predicted octanol–water partition coefficient (Wildman–Crippen LogP) is 4.42. The van der Waals surface area contributed by atoms with Crippen LogP contribution < -0.4 is 10.6 Å². The Bertz CT molecular complexity index is 1040. The maximum absolute atomic E-state index is 13.1. The van der Waals surface area contributed by atoms with Crippen LogP contribution in [0.5, 0.6) is 0 Å². The number of carbonyl (C=O) groups excluding carboxylic acids is 1. The van der Waals surface area contributed by atoms with Gasteiger partial charge in [0, 0.05) is 26.9 Å². The molecule has 1 aromatic heterocycles. The highest BCUT2D eigenvalue weighted by Crippen LogP contribution is 2.57. The van der Waals surface area contributed by atoms with Gasteiger partial charge in [-0.1, -0.05) is 28.4 Å². The van der Waals surface area contributed by atoms with Crippen molar-refractivity contribution >= 4 is 34.8 Å². The summed E-state index contributed by atoms with van der Waals surface area (Å²) in [5.74, 6) is 0.241. The number of nitrogens with one attached hydrogen (secondary N) is 2. The standard InChI is InChI=1S/C20H17Cl2FN4O2/c1-24-10-16(28)25-13-8-14(21)17(15(22)9-13)20(6-7-20)19-26-18(29-27-19)11-2-4-12(23)5-3-11/h2-5,8-9,24H,6-7,10H2,1H3,(H,25,28). The predicted molar refractivity (Wildman–Crippen MR) is 109 cm³/mol. The molecule has 0 unspecified atom stereocenters. The average Bonchev–Trinajstić information content (AvgIpc) is 3.29. The van der Waals surface area contributed by atoms with Crippen LogP contribution in [0.2, 0.25) is 10.0 Å². The third kappa shape index (κ3) is 3.85. The Hall–Kier alpha value is -2.48. The van der Waals surface area contributed by atoms with Crippen molar-refractivity contribution in [2.75, 3.05) is 18.9 Å². The molecule has 0 aliphatic heterocycles. The minimum Gasteiger partial charge on any atom is -0.334 e. The summed E-state index contributed by atoms with van der Waals surface area (Å²) in [5.41, 5.74) is 1.31. The van der Waals surface area contributed by atoms with Crippen LogP contribution in [0.25, 0.3) is 11.5 Å². The molecular formula is C20H17Cl2FN4O2. The molecule has 6 nitrogen and oxygen atoms in total. The van der Waals surface area contributed by atoms with Gasteiger partial charge in [0.15, 0.2) is 5.82 Å². The molecule has 1 amide bonds. The monoisotopic (exact) mass is 434 g/mol. The third-order valence-corrected chi connectivity index (χ3v) is 5.43. The van der Waals surface area contributed by atoms with Crippen LogP contribution in [0.3, 0.4) is 0 Å². The topological polar surface area (TPSA) is 80.0 Å². The van der Waals surface area contributed by atoms with E-state index in [0.717, 1.165) is 12.8 Å². The zero-order chi connectivity index (χ0) is 20.6. The molecule has 4 rings (SSSR count). The van der Waals surface area contributed by atoms with Crippen molar-refractivity contribution in [1.82, 2.24) is 15.5 Å². The van der Waals surface area contributed by atoms with Gasteiger partial charge in [0.1, 0.15) is 5.82 Å². The van der Waals surface area contributed by atoms with Crippen LogP contribution >= 0.6 is 23.2 Å². The van der Waals surface area contributed by atoms with Gasteiger partial charge in [-0.05, 0) is 56.3 Å². The van der Waals surface area contributed by atoms with Crippen LogP contribution in [0.1, 0.15) is 24.2 Å². The molecule has 1 saturated carbocycles. The molecule has 1 aliphatic rings. The molecule has 29 heavy (non-hydrogen) atoms. The van der Waals surface area contributed by atoms with Gasteiger partial charge < -0.3 is 15.2 Å². The Kier molecular flexibility index (Phi) is 5.29. The molecule has 0 radical (unpaired) electrons. The zero-order valence-electron chi connectivity index (χ0n) is 15.4. The lowest BCUT2D eigenvalue weighted by atomic mass is 9.94. The molecule has 1 fully saturated rings. The summed E-state index contributed by atoms with van der Waals surface area (Å²) >= 11 is 13.1. The number of anilines is 1. The summed E-state index contributed by atoms with van der Waals surface area (Å²) in [6.07, 6.45) is 1.53. The number of nitrogens with zero attached hydrogens (tertiary/aromatic N) is 2. The summed E-state index contributed by atoms with van der Waals surface area (Å²) in [6, 6.07) is 9.15. The molecule has 150 valence electrons. The van der Waals surface area contributed by atoms with E-state index in [9.17, 15) is 9.18 Å². The summed E-state index contributed by atoms with van der Waals surface area (Å²) in [4.78, 5) is 16.3. The highest BCUT2D eigenvalue weighted by atomic mass is 35.5. The number of amides is 1. The van der Waals surface area contributed by atoms with Gasteiger partial charge in [0.05, 0.1) is 12.0 Å². The first-order chi connectivity index (χ1) is 13.9. The van der Waals surface area contributed by atoms with Gasteiger partial charge in [-0.15, -0.1) is 0 Å². The van der Waals surface area contributed by atoms with Crippen molar-refractivity contribution in [3.63, 3.8) is 0 Å². The number of halogens is 3. The van der Waals surface area contributed by atoms with E-state index in [1.54, 1.807) is 31.3 Å². The maximum Gasteiger partial charge on any atom is 0.257 e. The van der Waals surface area contributed by atoms with Crippen LogP contribution in [-0.4, -0.2) is 29.6 Å². The molecule has 1 heterocycles. The molecule has 2 N–H and O–H groups in total. The number of rotatable bonds is 6. The second-order valence-electron chi connectivity index (χ2n) is 6.91. The smallest absolute Gasteiger partial charge is 0.257 e. The molecule has 3 aromatic rings. The van der Waals surface area contributed by atoms with E-state index in [4.69, 9.17) is 27.7 Å². The van der Waals surface area contributed by atoms with Crippen molar-refractivity contribution < 1.29 is 13.7 Å². The zero-order valence-corrected chi connectivity index (χ0v) is 16.9. The average molecular weight is 435 g/mol. The maximum atomic E-state index is 13.1.